The van der Waals surface area contributed by atoms with Gasteiger partial charge in [0, 0.05) is 21.1 Å². The molecule has 0 aliphatic carbocycles. The second-order valence-corrected chi connectivity index (χ2v) is 0. The second-order valence-electron chi connectivity index (χ2n) is 0. The van der Waals surface area contributed by atoms with Crippen molar-refractivity contribution in [1.29, 1.82) is 0 Å². The van der Waals surface area contributed by atoms with E-state index < -0.39 is 0 Å². The van der Waals surface area contributed by atoms with Gasteiger partial charge in [-0.15, -0.1) is 0 Å². The van der Waals surface area contributed by atoms with Crippen LogP contribution in [0.1, 0.15) is 0 Å². The van der Waals surface area contributed by atoms with Gasteiger partial charge in [0.05, 0.1) is 0 Å². The molecule has 5 nitrogen and oxygen atoms in total. The van der Waals surface area contributed by atoms with Crippen LogP contribution >= 0.6 is 0 Å². The van der Waals surface area contributed by atoms with Crippen molar-refractivity contribution in [2.24, 2.45) is 0 Å². The Morgan fingerprint density at radius 2 is 0.500 bits per heavy atom. The summed E-state index contributed by atoms with van der Waals surface area (Å²) in [5, 5.41) is 0. The normalized spacial score (nSPS) is 0. The summed E-state index contributed by atoms with van der Waals surface area (Å²) in [5.41, 5.74) is 0. The SMILES string of the molecule is [NH2-].[NH2-].[NH2-].[NH2-].[OH-].[Pt]. The number of hydrogen-bond donors (Lipinski definition) is 0. The van der Waals surface area contributed by atoms with Gasteiger partial charge in [0.1, 0.15) is 0 Å². The van der Waals surface area contributed by atoms with Crippen LogP contribution in [0.2, 0.25) is 0 Å². The molecule has 0 bridgehead atoms. The maximum atomic E-state index is 0. The topological polar surface area (TPSA) is 164 Å². The first kappa shape index (κ1) is 820. The van der Waals surface area contributed by atoms with Crippen molar-refractivity contribution in [2.45, 2.75) is 0 Å². The first-order valence-electron chi connectivity index (χ1n) is 0. The van der Waals surface area contributed by atoms with Crippen LogP contribution in [0.5, 0.6) is 0 Å². The molecular formula is H9N4OPt-5. The Balaban J connectivity index is 0. The average molecular weight is 276 g/mol. The first-order valence-corrected chi connectivity index (χ1v) is 0. The van der Waals surface area contributed by atoms with Gasteiger partial charge in [-0.25, -0.2) is 0 Å². The van der Waals surface area contributed by atoms with E-state index in [1.165, 1.54) is 0 Å². The number of hydrogen-bond acceptors (Lipinski definition) is 1. The molecule has 0 saturated heterocycles. The van der Waals surface area contributed by atoms with Crippen LogP contribution in [-0.2, 0) is 21.1 Å². The third-order valence-corrected chi connectivity index (χ3v) is 0. The van der Waals surface area contributed by atoms with Crippen LogP contribution in [-0.4, -0.2) is 5.48 Å². The second kappa shape index (κ2) is 464. The molecule has 0 rings (SSSR count). The summed E-state index contributed by atoms with van der Waals surface area (Å²) < 4.78 is 0. The van der Waals surface area contributed by atoms with Gasteiger partial charge in [-0.2, -0.15) is 0 Å². The molecule has 6 heteroatoms. The van der Waals surface area contributed by atoms with E-state index in [0.29, 0.717) is 0 Å². The minimum atomic E-state index is 0. The number of rotatable bonds is 0. The molecule has 0 aliphatic heterocycles. The molecule has 6 heavy (non-hydrogen) atoms. The van der Waals surface area contributed by atoms with Gasteiger partial charge in [-0.3, -0.25) is 0 Å². The molecule has 0 unspecified atom stereocenters. The summed E-state index contributed by atoms with van der Waals surface area (Å²) in [6.45, 7) is 0. The summed E-state index contributed by atoms with van der Waals surface area (Å²) in [6.07, 6.45) is 0. The van der Waals surface area contributed by atoms with Crippen molar-refractivity contribution in [3.63, 3.8) is 0 Å². The average Bonchev–Trinajstić information content (AvgIpc) is 0. The number of nitrogens with two attached hydrogens (primary N) is 4. The van der Waals surface area contributed by atoms with E-state index in [0.717, 1.165) is 0 Å². The van der Waals surface area contributed by atoms with Crippen LogP contribution in [0.3, 0.4) is 0 Å². The zero-order chi connectivity index (χ0) is 0. The standard InChI is InChI=1S/4H2N.H2O.Pt/h5*1H2;/q4*-1;;/p-1. The van der Waals surface area contributed by atoms with E-state index in [-0.39, 0.29) is 51.1 Å². The van der Waals surface area contributed by atoms with Gasteiger partial charge in [-0.05, 0) is 0 Å². The summed E-state index contributed by atoms with van der Waals surface area (Å²) >= 11 is 0. The van der Waals surface area contributed by atoms with Gasteiger partial charge in [0.15, 0.2) is 0 Å². The third-order valence-electron chi connectivity index (χ3n) is 0. The smallest absolute Gasteiger partial charge is 0 e. The van der Waals surface area contributed by atoms with Crippen molar-refractivity contribution < 1.29 is 26.5 Å². The first-order chi connectivity index (χ1) is 0. The summed E-state index contributed by atoms with van der Waals surface area (Å²) in [5.74, 6) is 0. The van der Waals surface area contributed by atoms with E-state index in [1.54, 1.807) is 0 Å². The maximum absolute atomic E-state index is 0. The Kier molecular flexibility index (Phi) is 63300. The van der Waals surface area contributed by atoms with E-state index in [2.05, 4.69) is 0 Å². The molecule has 0 aromatic rings. The predicted octanol–water partition coefficient (Wildman–Crippen LogP) is 2.69. The Hall–Kier alpha value is 0.488. The van der Waals surface area contributed by atoms with Crippen molar-refractivity contribution in [2.75, 3.05) is 0 Å². The summed E-state index contributed by atoms with van der Waals surface area (Å²) in [7, 11) is 0. The Morgan fingerprint density at radius 1 is 0.500 bits per heavy atom. The van der Waals surface area contributed by atoms with E-state index in [9.17, 15) is 0 Å². The fourth-order valence-corrected chi connectivity index (χ4v) is 0. The van der Waals surface area contributed by atoms with Gasteiger partial charge < -0.3 is 30.1 Å². The maximum Gasteiger partial charge on any atom is 0 e. The molecule has 0 aromatic carbocycles. The fourth-order valence-electron chi connectivity index (χ4n) is 0. The largest absolute Gasteiger partial charge is 0.870 e. The zero-order valence-corrected chi connectivity index (χ0v) is 5.35. The van der Waals surface area contributed by atoms with Crippen molar-refractivity contribution in [3.8, 4) is 0 Å². The van der Waals surface area contributed by atoms with E-state index >= 15 is 0 Å². The Morgan fingerprint density at radius 3 is 0.500 bits per heavy atom. The molecule has 0 aromatic heterocycles. The van der Waals surface area contributed by atoms with Crippen molar-refractivity contribution in [3.05, 3.63) is 24.6 Å². The van der Waals surface area contributed by atoms with Crippen LogP contribution in [0.25, 0.3) is 24.6 Å². The van der Waals surface area contributed by atoms with Gasteiger partial charge in [-0.1, -0.05) is 0 Å². The molecule has 0 amide bonds. The molecular weight excluding hydrogens is 267 g/mol. The molecule has 0 aliphatic rings. The monoisotopic (exact) mass is 276 g/mol. The quantitative estimate of drug-likeness (QED) is 0.652. The summed E-state index contributed by atoms with van der Waals surface area (Å²) in [6, 6.07) is 0. The fraction of sp³-hybridized carbons (Fsp3) is 0. The van der Waals surface area contributed by atoms with Crippen molar-refractivity contribution >= 4 is 0 Å². The van der Waals surface area contributed by atoms with Gasteiger partial charge in [0.25, 0.3) is 0 Å². The van der Waals surface area contributed by atoms with Gasteiger partial charge >= 0.3 is 0 Å². The molecule has 0 fully saturated rings. The van der Waals surface area contributed by atoms with E-state index in [1.807, 2.05) is 0 Å². The molecule has 0 spiro atoms. The minimum absolute atomic E-state index is 0. The molecule has 0 saturated carbocycles. The third kappa shape index (κ3) is 229. The molecule has 0 heterocycles. The molecule has 9 N–H and O–H groups in total. The zero-order valence-electron chi connectivity index (χ0n) is 3.07. The van der Waals surface area contributed by atoms with Crippen LogP contribution < -0.4 is 0 Å². The molecule has 0 atom stereocenters. The molecule has 50 valence electrons. The Bertz CT molecular complexity index is 7.51. The summed E-state index contributed by atoms with van der Waals surface area (Å²) in [4.78, 5) is 0. The predicted molar refractivity (Wildman–Crippen MR) is 23.1 cm³/mol. The van der Waals surface area contributed by atoms with Crippen LogP contribution in [0.4, 0.5) is 0 Å². The van der Waals surface area contributed by atoms with Crippen LogP contribution in [0.15, 0.2) is 0 Å². The van der Waals surface area contributed by atoms with Crippen LogP contribution in [0, 0.1) is 0 Å². The molecule has 0 radical (unpaired) electrons. The minimum Gasteiger partial charge on any atom is -0.870 e. The van der Waals surface area contributed by atoms with Crippen molar-refractivity contribution in [1.82, 2.24) is 0 Å². The van der Waals surface area contributed by atoms with E-state index in [4.69, 9.17) is 0 Å². The van der Waals surface area contributed by atoms with Gasteiger partial charge in [0.2, 0.25) is 0 Å². The Labute approximate surface area is 51.8 Å².